The minimum atomic E-state index is -0.479. The molecular formula is C13H10BrClFNO2. The molecule has 0 unspecified atom stereocenters. The summed E-state index contributed by atoms with van der Waals surface area (Å²) in [4.78, 5) is 12.1. The number of halogens is 3. The van der Waals surface area contributed by atoms with Gasteiger partial charge in [-0.1, -0.05) is 18.5 Å². The standard InChI is InChI=1S/C13H10BrClFNO2/c1-2-11-8(3-4-19-11)13(18)17-12-9(14)5-7(16)6-10(12)15/h3-6H,2H2,1H3,(H,17,18). The van der Waals surface area contributed by atoms with Crippen LogP contribution in [0.15, 0.2) is 33.4 Å². The third-order valence-corrected chi connectivity index (χ3v) is 3.48. The number of anilines is 1. The van der Waals surface area contributed by atoms with Crippen LogP contribution in [0.4, 0.5) is 10.1 Å². The van der Waals surface area contributed by atoms with Crippen molar-refractivity contribution in [3.63, 3.8) is 0 Å². The highest BCUT2D eigenvalue weighted by Crippen LogP contribution is 2.32. The largest absolute Gasteiger partial charge is 0.469 e. The van der Waals surface area contributed by atoms with Crippen molar-refractivity contribution in [3.8, 4) is 0 Å². The molecule has 3 nitrogen and oxygen atoms in total. The molecular weight excluding hydrogens is 337 g/mol. The molecule has 1 aromatic heterocycles. The number of hydrogen-bond donors (Lipinski definition) is 1. The lowest BCUT2D eigenvalue weighted by Crippen LogP contribution is -2.13. The highest BCUT2D eigenvalue weighted by molar-refractivity contribution is 9.10. The van der Waals surface area contributed by atoms with Crippen molar-refractivity contribution < 1.29 is 13.6 Å². The second-order valence-electron chi connectivity index (χ2n) is 3.81. The van der Waals surface area contributed by atoms with Crippen LogP contribution in [0.2, 0.25) is 5.02 Å². The molecule has 19 heavy (non-hydrogen) atoms. The third-order valence-electron chi connectivity index (χ3n) is 2.56. The van der Waals surface area contributed by atoms with Gasteiger partial charge in [-0.15, -0.1) is 0 Å². The number of carbonyl (C=O) groups is 1. The van der Waals surface area contributed by atoms with Crippen molar-refractivity contribution >= 4 is 39.1 Å². The Morgan fingerprint density at radius 2 is 2.26 bits per heavy atom. The van der Waals surface area contributed by atoms with E-state index in [1.54, 1.807) is 6.07 Å². The zero-order chi connectivity index (χ0) is 14.0. The minimum absolute atomic E-state index is 0.127. The van der Waals surface area contributed by atoms with Crippen LogP contribution in [-0.4, -0.2) is 5.91 Å². The average Bonchev–Trinajstić information content (AvgIpc) is 2.81. The van der Waals surface area contributed by atoms with E-state index < -0.39 is 5.82 Å². The van der Waals surface area contributed by atoms with Crippen LogP contribution in [0.1, 0.15) is 23.0 Å². The molecule has 0 fully saturated rings. The molecule has 1 heterocycles. The van der Waals surface area contributed by atoms with Crippen LogP contribution in [-0.2, 0) is 6.42 Å². The molecule has 6 heteroatoms. The van der Waals surface area contributed by atoms with E-state index in [0.29, 0.717) is 27.9 Å². The van der Waals surface area contributed by atoms with E-state index >= 15 is 0 Å². The third kappa shape index (κ3) is 2.98. The lowest BCUT2D eigenvalue weighted by molar-refractivity contribution is 0.102. The summed E-state index contributed by atoms with van der Waals surface area (Å²) in [7, 11) is 0. The van der Waals surface area contributed by atoms with Crippen molar-refractivity contribution in [2.24, 2.45) is 0 Å². The molecule has 0 saturated heterocycles. The Balaban J connectivity index is 2.29. The first-order valence-electron chi connectivity index (χ1n) is 5.55. The summed E-state index contributed by atoms with van der Waals surface area (Å²) in [5.74, 6) is -0.237. The summed E-state index contributed by atoms with van der Waals surface area (Å²) in [5.41, 5.74) is 0.770. The van der Waals surface area contributed by atoms with Gasteiger partial charge in [0.1, 0.15) is 11.6 Å². The topological polar surface area (TPSA) is 42.2 Å². The van der Waals surface area contributed by atoms with Gasteiger partial charge in [0.2, 0.25) is 0 Å². The van der Waals surface area contributed by atoms with E-state index in [9.17, 15) is 9.18 Å². The van der Waals surface area contributed by atoms with Gasteiger partial charge < -0.3 is 9.73 Å². The molecule has 0 atom stereocenters. The van der Waals surface area contributed by atoms with Gasteiger partial charge in [0.05, 0.1) is 22.5 Å². The molecule has 0 saturated carbocycles. The number of hydrogen-bond acceptors (Lipinski definition) is 2. The number of carbonyl (C=O) groups excluding carboxylic acids is 1. The van der Waals surface area contributed by atoms with Crippen molar-refractivity contribution in [3.05, 3.63) is 51.1 Å². The van der Waals surface area contributed by atoms with E-state index in [2.05, 4.69) is 21.2 Å². The Morgan fingerprint density at radius 3 is 2.89 bits per heavy atom. The molecule has 100 valence electrons. The monoisotopic (exact) mass is 345 g/mol. The quantitative estimate of drug-likeness (QED) is 0.879. The number of amides is 1. The smallest absolute Gasteiger partial charge is 0.259 e. The summed E-state index contributed by atoms with van der Waals surface area (Å²) in [5, 5.41) is 2.77. The van der Waals surface area contributed by atoms with Gasteiger partial charge in [-0.25, -0.2) is 4.39 Å². The van der Waals surface area contributed by atoms with Gasteiger partial charge >= 0.3 is 0 Å². The van der Waals surface area contributed by atoms with Gasteiger partial charge in [-0.2, -0.15) is 0 Å². The van der Waals surface area contributed by atoms with Crippen LogP contribution in [0.3, 0.4) is 0 Å². The second-order valence-corrected chi connectivity index (χ2v) is 5.07. The second kappa shape index (κ2) is 5.75. The van der Waals surface area contributed by atoms with Crippen LogP contribution in [0.25, 0.3) is 0 Å². The summed E-state index contributed by atoms with van der Waals surface area (Å²) in [6.45, 7) is 1.89. The number of nitrogens with one attached hydrogen (secondary N) is 1. The summed E-state index contributed by atoms with van der Waals surface area (Å²) >= 11 is 9.07. The number of furan rings is 1. The number of rotatable bonds is 3. The Labute approximate surface area is 122 Å². The molecule has 1 amide bonds. The summed E-state index contributed by atoms with van der Waals surface area (Å²) in [6.07, 6.45) is 2.06. The highest BCUT2D eigenvalue weighted by atomic mass is 79.9. The first-order valence-corrected chi connectivity index (χ1v) is 6.72. The lowest BCUT2D eigenvalue weighted by Gasteiger charge is -2.09. The predicted molar refractivity (Wildman–Crippen MR) is 75.1 cm³/mol. The molecule has 2 aromatic rings. The van der Waals surface area contributed by atoms with Gasteiger partial charge in [0.25, 0.3) is 5.91 Å². The number of benzene rings is 1. The van der Waals surface area contributed by atoms with Crippen LogP contribution >= 0.6 is 27.5 Å². The van der Waals surface area contributed by atoms with E-state index in [-0.39, 0.29) is 10.9 Å². The summed E-state index contributed by atoms with van der Waals surface area (Å²) in [6, 6.07) is 3.95. The Morgan fingerprint density at radius 1 is 1.53 bits per heavy atom. The highest BCUT2D eigenvalue weighted by Gasteiger charge is 2.16. The molecule has 1 N–H and O–H groups in total. The van der Waals surface area contributed by atoms with Gasteiger partial charge in [-0.05, 0) is 34.1 Å². The van der Waals surface area contributed by atoms with Crippen molar-refractivity contribution in [2.45, 2.75) is 13.3 Å². The van der Waals surface area contributed by atoms with E-state index in [1.807, 2.05) is 6.92 Å². The van der Waals surface area contributed by atoms with Crippen LogP contribution in [0, 0.1) is 5.82 Å². The average molecular weight is 347 g/mol. The normalized spacial score (nSPS) is 10.5. The molecule has 0 aliphatic heterocycles. The zero-order valence-electron chi connectivity index (χ0n) is 9.97. The van der Waals surface area contributed by atoms with Crippen LogP contribution < -0.4 is 5.32 Å². The van der Waals surface area contributed by atoms with Gasteiger partial charge in [0, 0.05) is 10.9 Å². The predicted octanol–water partition coefficient (Wildman–Crippen LogP) is 4.65. The summed E-state index contributed by atoms with van der Waals surface area (Å²) < 4.78 is 18.7. The fourth-order valence-electron chi connectivity index (χ4n) is 1.66. The van der Waals surface area contributed by atoms with E-state index in [0.717, 1.165) is 6.07 Å². The Bertz CT molecular complexity index is 604. The molecule has 0 aliphatic carbocycles. The number of aryl methyl sites for hydroxylation is 1. The fourth-order valence-corrected chi connectivity index (χ4v) is 2.56. The minimum Gasteiger partial charge on any atom is -0.469 e. The van der Waals surface area contributed by atoms with Crippen LogP contribution in [0.5, 0.6) is 0 Å². The molecule has 0 aliphatic rings. The maximum Gasteiger partial charge on any atom is 0.259 e. The molecule has 0 spiro atoms. The fraction of sp³-hybridized carbons (Fsp3) is 0.154. The van der Waals surface area contributed by atoms with Crippen molar-refractivity contribution in [1.29, 1.82) is 0 Å². The Hall–Kier alpha value is -1.33. The molecule has 0 radical (unpaired) electrons. The lowest BCUT2D eigenvalue weighted by atomic mass is 10.2. The molecule has 0 bridgehead atoms. The van der Waals surface area contributed by atoms with Crippen molar-refractivity contribution in [2.75, 3.05) is 5.32 Å². The Kier molecular flexibility index (Phi) is 4.27. The van der Waals surface area contributed by atoms with E-state index in [1.165, 1.54) is 12.3 Å². The maximum atomic E-state index is 13.1. The first kappa shape index (κ1) is 14.1. The first-order chi connectivity index (χ1) is 9.02. The van der Waals surface area contributed by atoms with E-state index in [4.69, 9.17) is 16.0 Å². The SMILES string of the molecule is CCc1occc1C(=O)Nc1c(Cl)cc(F)cc1Br. The molecule has 2 rings (SSSR count). The van der Waals surface area contributed by atoms with Crippen molar-refractivity contribution in [1.82, 2.24) is 0 Å². The molecule has 1 aromatic carbocycles. The van der Waals surface area contributed by atoms with Gasteiger partial charge in [0.15, 0.2) is 0 Å². The van der Waals surface area contributed by atoms with Gasteiger partial charge in [-0.3, -0.25) is 4.79 Å². The zero-order valence-corrected chi connectivity index (χ0v) is 12.3. The maximum absolute atomic E-state index is 13.1.